The third kappa shape index (κ3) is 3.66. The summed E-state index contributed by atoms with van der Waals surface area (Å²) in [7, 11) is 0. The lowest BCUT2D eigenvalue weighted by molar-refractivity contribution is -0.121. The van der Waals surface area contributed by atoms with Gasteiger partial charge in [-0.25, -0.2) is 0 Å². The number of carbonyl (C=O) groups is 1. The first-order chi connectivity index (χ1) is 11.2. The lowest BCUT2D eigenvalue weighted by atomic mass is 9.91. The van der Waals surface area contributed by atoms with E-state index in [4.69, 9.17) is 0 Å². The maximum Gasteiger partial charge on any atom is 0.238 e. The van der Waals surface area contributed by atoms with E-state index >= 15 is 0 Å². The molecular weight excluding hydrogens is 284 g/mol. The maximum atomic E-state index is 12.5. The zero-order valence-electron chi connectivity index (χ0n) is 13.9. The Labute approximate surface area is 139 Å². The minimum absolute atomic E-state index is 0.0915. The van der Waals surface area contributed by atoms with Crippen molar-refractivity contribution in [2.75, 3.05) is 0 Å². The predicted octanol–water partition coefficient (Wildman–Crippen LogP) is 3.56. The predicted molar refractivity (Wildman–Crippen MR) is 93.9 cm³/mol. The smallest absolute Gasteiger partial charge is 0.238 e. The number of amides is 1. The Kier molecular flexibility index (Phi) is 5.16. The van der Waals surface area contributed by atoms with Crippen molar-refractivity contribution in [3.63, 3.8) is 0 Å². The molecule has 124 valence electrons. The molecule has 1 saturated heterocycles. The van der Waals surface area contributed by atoms with E-state index in [1.54, 1.807) is 0 Å². The van der Waals surface area contributed by atoms with E-state index in [0.29, 0.717) is 5.92 Å². The standard InChI is InChI=1S/C20H28N2O/c1-2-3-4-8-12-17-13-9-14-20(17)21-18(19(23)22-20)15-16-10-6-5-7-11-16/h2,5-7,10-11,17-18,21H,1,3-4,8-9,12-15H2,(H,22,23). The van der Waals surface area contributed by atoms with Gasteiger partial charge >= 0.3 is 0 Å². The van der Waals surface area contributed by atoms with E-state index < -0.39 is 0 Å². The van der Waals surface area contributed by atoms with Crippen LogP contribution in [0.3, 0.4) is 0 Å². The van der Waals surface area contributed by atoms with Gasteiger partial charge in [0.15, 0.2) is 0 Å². The van der Waals surface area contributed by atoms with Crippen LogP contribution in [-0.2, 0) is 11.2 Å². The molecule has 1 saturated carbocycles. The number of rotatable bonds is 7. The van der Waals surface area contributed by atoms with Crippen molar-refractivity contribution in [3.05, 3.63) is 48.6 Å². The first-order valence-corrected chi connectivity index (χ1v) is 8.98. The molecule has 1 aliphatic heterocycles. The van der Waals surface area contributed by atoms with Crippen molar-refractivity contribution < 1.29 is 4.79 Å². The first kappa shape index (κ1) is 16.3. The number of carbonyl (C=O) groups excluding carboxylic acids is 1. The Morgan fingerprint density at radius 2 is 2.09 bits per heavy atom. The Hall–Kier alpha value is -1.61. The highest BCUT2D eigenvalue weighted by molar-refractivity contribution is 5.85. The van der Waals surface area contributed by atoms with E-state index in [2.05, 4.69) is 29.3 Å². The topological polar surface area (TPSA) is 41.1 Å². The zero-order chi connectivity index (χ0) is 16.1. The molecule has 0 bridgehead atoms. The second-order valence-corrected chi connectivity index (χ2v) is 7.01. The van der Waals surface area contributed by atoms with Crippen LogP contribution in [0.25, 0.3) is 0 Å². The summed E-state index contributed by atoms with van der Waals surface area (Å²) in [5.74, 6) is 0.740. The minimum atomic E-state index is -0.148. The number of hydrogen-bond donors (Lipinski definition) is 2. The van der Waals surface area contributed by atoms with Gasteiger partial charge in [0.05, 0.1) is 11.7 Å². The van der Waals surface area contributed by atoms with Gasteiger partial charge in [-0.05, 0) is 56.4 Å². The summed E-state index contributed by atoms with van der Waals surface area (Å²) in [5, 5.41) is 7.00. The second-order valence-electron chi connectivity index (χ2n) is 7.01. The van der Waals surface area contributed by atoms with Gasteiger partial charge in [0.25, 0.3) is 0 Å². The summed E-state index contributed by atoms with van der Waals surface area (Å²) in [6.45, 7) is 3.79. The molecule has 23 heavy (non-hydrogen) atoms. The third-order valence-electron chi connectivity index (χ3n) is 5.41. The molecule has 1 heterocycles. The maximum absolute atomic E-state index is 12.5. The monoisotopic (exact) mass is 312 g/mol. The Balaban J connectivity index is 1.61. The van der Waals surface area contributed by atoms with Gasteiger partial charge in [0.1, 0.15) is 0 Å². The average molecular weight is 312 g/mol. The number of benzene rings is 1. The molecule has 2 N–H and O–H groups in total. The van der Waals surface area contributed by atoms with Gasteiger partial charge in [-0.3, -0.25) is 10.1 Å². The van der Waals surface area contributed by atoms with Crippen LogP contribution < -0.4 is 10.6 Å². The molecule has 1 aromatic rings. The first-order valence-electron chi connectivity index (χ1n) is 8.98. The molecule has 3 nitrogen and oxygen atoms in total. The van der Waals surface area contributed by atoms with Gasteiger partial charge in [-0.2, -0.15) is 0 Å². The van der Waals surface area contributed by atoms with Gasteiger partial charge in [-0.1, -0.05) is 42.8 Å². The lowest BCUT2D eigenvalue weighted by Gasteiger charge is -2.32. The molecule has 1 spiro atoms. The lowest BCUT2D eigenvalue weighted by Crippen LogP contribution is -2.53. The summed E-state index contributed by atoms with van der Waals surface area (Å²) in [6.07, 6.45) is 11.0. The van der Waals surface area contributed by atoms with Crippen molar-refractivity contribution in [1.29, 1.82) is 0 Å². The van der Waals surface area contributed by atoms with Crippen LogP contribution in [-0.4, -0.2) is 17.6 Å². The van der Waals surface area contributed by atoms with Crippen molar-refractivity contribution >= 4 is 5.91 Å². The van der Waals surface area contributed by atoms with Crippen LogP contribution >= 0.6 is 0 Å². The third-order valence-corrected chi connectivity index (χ3v) is 5.41. The van der Waals surface area contributed by atoms with Crippen LogP contribution in [0, 0.1) is 5.92 Å². The fourth-order valence-corrected chi connectivity index (χ4v) is 4.22. The number of nitrogens with one attached hydrogen (secondary N) is 2. The average Bonchev–Trinajstić information content (AvgIpc) is 3.08. The van der Waals surface area contributed by atoms with E-state index in [1.807, 2.05) is 24.3 Å². The molecule has 2 fully saturated rings. The van der Waals surface area contributed by atoms with Crippen molar-refractivity contribution in [1.82, 2.24) is 10.6 Å². The Bertz CT molecular complexity index is 542. The van der Waals surface area contributed by atoms with Crippen LogP contribution in [0.1, 0.15) is 50.5 Å². The van der Waals surface area contributed by atoms with Gasteiger partial charge in [-0.15, -0.1) is 6.58 Å². The molecule has 3 atom stereocenters. The molecule has 2 aliphatic rings. The van der Waals surface area contributed by atoms with Crippen LogP contribution in [0.15, 0.2) is 43.0 Å². The van der Waals surface area contributed by atoms with Gasteiger partial charge < -0.3 is 5.32 Å². The molecule has 0 radical (unpaired) electrons. The van der Waals surface area contributed by atoms with E-state index in [-0.39, 0.29) is 17.6 Å². The summed E-state index contributed by atoms with van der Waals surface area (Å²) in [5.41, 5.74) is 1.07. The van der Waals surface area contributed by atoms with Gasteiger partial charge in [0, 0.05) is 0 Å². The molecule has 1 aliphatic carbocycles. The molecule has 1 aromatic carbocycles. The quantitative estimate of drug-likeness (QED) is 0.597. The molecule has 3 rings (SSSR count). The van der Waals surface area contributed by atoms with Crippen LogP contribution in [0.4, 0.5) is 0 Å². The molecule has 3 heteroatoms. The van der Waals surface area contributed by atoms with Gasteiger partial charge in [0.2, 0.25) is 5.91 Å². The van der Waals surface area contributed by atoms with E-state index in [9.17, 15) is 4.79 Å². The molecule has 3 unspecified atom stereocenters. The highest BCUT2D eigenvalue weighted by atomic mass is 16.2. The number of allylic oxidation sites excluding steroid dienone is 1. The molecular formula is C20H28N2O. The van der Waals surface area contributed by atoms with Crippen LogP contribution in [0.2, 0.25) is 0 Å². The number of unbranched alkanes of at least 4 members (excludes halogenated alkanes) is 2. The minimum Gasteiger partial charge on any atom is -0.336 e. The van der Waals surface area contributed by atoms with Crippen LogP contribution in [0.5, 0.6) is 0 Å². The Morgan fingerprint density at radius 1 is 1.26 bits per heavy atom. The normalized spacial score (nSPS) is 29.8. The fraction of sp³-hybridized carbons (Fsp3) is 0.550. The van der Waals surface area contributed by atoms with E-state index in [1.165, 1.54) is 37.7 Å². The van der Waals surface area contributed by atoms with E-state index in [0.717, 1.165) is 19.3 Å². The summed E-state index contributed by atoms with van der Waals surface area (Å²) in [4.78, 5) is 12.5. The van der Waals surface area contributed by atoms with Crippen molar-refractivity contribution in [2.24, 2.45) is 5.92 Å². The largest absolute Gasteiger partial charge is 0.336 e. The number of hydrogen-bond acceptors (Lipinski definition) is 2. The fourth-order valence-electron chi connectivity index (χ4n) is 4.22. The SMILES string of the molecule is C=CCCCCC1CCCC12NC(=O)C(Cc1ccccc1)N2. The summed E-state index contributed by atoms with van der Waals surface area (Å²) < 4.78 is 0. The summed E-state index contributed by atoms with van der Waals surface area (Å²) >= 11 is 0. The second kappa shape index (κ2) is 7.31. The molecule has 0 aromatic heterocycles. The van der Waals surface area contributed by atoms with Crippen molar-refractivity contribution in [2.45, 2.75) is 63.1 Å². The van der Waals surface area contributed by atoms with Crippen molar-refractivity contribution in [3.8, 4) is 0 Å². The highest BCUT2D eigenvalue weighted by Crippen LogP contribution is 2.39. The summed E-state index contributed by atoms with van der Waals surface area (Å²) in [6, 6.07) is 10.2. The Morgan fingerprint density at radius 3 is 2.87 bits per heavy atom. The zero-order valence-corrected chi connectivity index (χ0v) is 13.9. The highest BCUT2D eigenvalue weighted by Gasteiger charge is 2.50. The molecule has 1 amide bonds.